The van der Waals surface area contributed by atoms with Crippen LogP contribution in [0.2, 0.25) is 0 Å². The molecular formula is C6H10BrFO. The van der Waals surface area contributed by atoms with Crippen LogP contribution in [0.4, 0.5) is 4.39 Å². The summed E-state index contributed by atoms with van der Waals surface area (Å²) in [5.41, 5.74) is 0. The van der Waals surface area contributed by atoms with Gasteiger partial charge >= 0.3 is 0 Å². The highest BCUT2D eigenvalue weighted by Gasteiger charge is 2.23. The molecule has 0 amide bonds. The average molecular weight is 197 g/mol. The molecule has 0 spiro atoms. The Balaban J connectivity index is 2.24. The molecule has 1 nitrogen and oxygen atoms in total. The molecule has 0 aromatic heterocycles. The lowest BCUT2D eigenvalue weighted by atomic mass is 10.1. The average Bonchev–Trinajstić information content (AvgIpc) is 2.37. The predicted molar refractivity (Wildman–Crippen MR) is 37.6 cm³/mol. The Hall–Kier alpha value is 0.370. The first kappa shape index (κ1) is 7.48. The third-order valence-corrected chi connectivity index (χ3v) is 2.24. The van der Waals surface area contributed by atoms with Crippen LogP contribution in [-0.4, -0.2) is 24.7 Å². The fraction of sp³-hybridized carbons (Fsp3) is 1.00. The quantitative estimate of drug-likeness (QED) is 0.613. The fourth-order valence-electron chi connectivity index (χ4n) is 0.964. The van der Waals surface area contributed by atoms with Crippen LogP contribution in [0, 0.1) is 5.92 Å². The zero-order valence-electron chi connectivity index (χ0n) is 5.15. The molecular weight excluding hydrogens is 187 g/mol. The van der Waals surface area contributed by atoms with Crippen LogP contribution in [0.25, 0.3) is 0 Å². The Morgan fingerprint density at radius 2 is 2.56 bits per heavy atom. The molecule has 1 heterocycles. The Morgan fingerprint density at radius 1 is 1.78 bits per heavy atom. The highest BCUT2D eigenvalue weighted by Crippen LogP contribution is 2.20. The van der Waals surface area contributed by atoms with Crippen molar-refractivity contribution in [1.29, 1.82) is 0 Å². The van der Waals surface area contributed by atoms with E-state index in [0.717, 1.165) is 13.0 Å². The molecule has 0 aliphatic carbocycles. The van der Waals surface area contributed by atoms with Gasteiger partial charge in [0.2, 0.25) is 0 Å². The number of halogens is 2. The van der Waals surface area contributed by atoms with E-state index >= 15 is 0 Å². The molecule has 9 heavy (non-hydrogen) atoms. The number of hydrogen-bond acceptors (Lipinski definition) is 1. The Kier molecular flexibility index (Phi) is 2.92. The highest BCUT2D eigenvalue weighted by atomic mass is 79.9. The summed E-state index contributed by atoms with van der Waals surface area (Å²) in [4.78, 5) is 0. The van der Waals surface area contributed by atoms with E-state index < -0.39 is 6.17 Å². The molecule has 1 aliphatic heterocycles. The molecule has 0 aromatic carbocycles. The SMILES string of the molecule is F[C@@H](CBr)[C@H]1CCOC1. The number of hydrogen-bond donors (Lipinski definition) is 0. The lowest BCUT2D eigenvalue weighted by molar-refractivity contribution is 0.162. The van der Waals surface area contributed by atoms with Gasteiger partial charge in [-0.25, -0.2) is 4.39 Å². The van der Waals surface area contributed by atoms with Gasteiger partial charge in [-0.2, -0.15) is 0 Å². The molecule has 0 saturated carbocycles. The van der Waals surface area contributed by atoms with Crippen LogP contribution in [0.5, 0.6) is 0 Å². The summed E-state index contributed by atoms with van der Waals surface area (Å²) in [5.74, 6) is 0.143. The zero-order chi connectivity index (χ0) is 6.69. The minimum absolute atomic E-state index is 0.143. The summed E-state index contributed by atoms with van der Waals surface area (Å²) in [6.45, 7) is 1.34. The van der Waals surface area contributed by atoms with E-state index in [2.05, 4.69) is 15.9 Å². The molecule has 1 rings (SSSR count). The van der Waals surface area contributed by atoms with Crippen LogP contribution in [-0.2, 0) is 4.74 Å². The monoisotopic (exact) mass is 196 g/mol. The number of alkyl halides is 2. The van der Waals surface area contributed by atoms with Gasteiger partial charge in [0, 0.05) is 17.9 Å². The fourth-order valence-corrected chi connectivity index (χ4v) is 1.49. The maximum absolute atomic E-state index is 12.7. The van der Waals surface area contributed by atoms with Gasteiger partial charge in [0.15, 0.2) is 0 Å². The normalized spacial score (nSPS) is 30.7. The van der Waals surface area contributed by atoms with Crippen LogP contribution in [0.1, 0.15) is 6.42 Å². The van der Waals surface area contributed by atoms with Gasteiger partial charge in [0.25, 0.3) is 0 Å². The summed E-state index contributed by atoms with van der Waals surface area (Å²) in [6, 6.07) is 0. The molecule has 0 radical (unpaired) electrons. The van der Waals surface area contributed by atoms with Gasteiger partial charge in [0.05, 0.1) is 6.61 Å². The molecule has 2 atom stereocenters. The van der Waals surface area contributed by atoms with Gasteiger partial charge < -0.3 is 4.74 Å². The lowest BCUT2D eigenvalue weighted by Gasteiger charge is -2.09. The smallest absolute Gasteiger partial charge is 0.115 e. The van der Waals surface area contributed by atoms with Crippen LogP contribution < -0.4 is 0 Å². The van der Waals surface area contributed by atoms with E-state index in [0.29, 0.717) is 11.9 Å². The second-order valence-electron chi connectivity index (χ2n) is 2.29. The molecule has 3 heteroatoms. The van der Waals surface area contributed by atoms with Crippen LogP contribution in [0.3, 0.4) is 0 Å². The zero-order valence-corrected chi connectivity index (χ0v) is 6.73. The second kappa shape index (κ2) is 3.52. The van der Waals surface area contributed by atoms with Crippen LogP contribution in [0.15, 0.2) is 0 Å². The predicted octanol–water partition coefficient (Wildman–Crippen LogP) is 1.76. The number of rotatable bonds is 2. The van der Waals surface area contributed by atoms with Crippen molar-refractivity contribution in [1.82, 2.24) is 0 Å². The maximum Gasteiger partial charge on any atom is 0.115 e. The first-order valence-corrected chi connectivity index (χ1v) is 4.24. The van der Waals surface area contributed by atoms with Crippen molar-refractivity contribution in [2.75, 3.05) is 18.5 Å². The van der Waals surface area contributed by atoms with Crippen molar-refractivity contribution in [2.24, 2.45) is 5.92 Å². The molecule has 0 bridgehead atoms. The van der Waals surface area contributed by atoms with Crippen molar-refractivity contribution in [3.05, 3.63) is 0 Å². The Morgan fingerprint density at radius 3 is 3.00 bits per heavy atom. The van der Waals surface area contributed by atoms with Crippen molar-refractivity contribution >= 4 is 15.9 Å². The van der Waals surface area contributed by atoms with Crippen molar-refractivity contribution < 1.29 is 9.13 Å². The molecule has 1 aliphatic rings. The largest absolute Gasteiger partial charge is 0.381 e. The third kappa shape index (κ3) is 1.90. The highest BCUT2D eigenvalue weighted by molar-refractivity contribution is 9.09. The summed E-state index contributed by atoms with van der Waals surface area (Å²) in [6.07, 6.45) is 0.166. The van der Waals surface area contributed by atoms with Gasteiger partial charge in [-0.3, -0.25) is 0 Å². The molecule has 1 saturated heterocycles. The van der Waals surface area contributed by atoms with E-state index in [-0.39, 0.29) is 5.92 Å². The van der Waals surface area contributed by atoms with Gasteiger partial charge in [0.1, 0.15) is 6.17 Å². The third-order valence-electron chi connectivity index (χ3n) is 1.62. The number of ether oxygens (including phenoxy) is 1. The Labute approximate surface area is 62.7 Å². The van der Waals surface area contributed by atoms with Crippen LogP contribution >= 0.6 is 15.9 Å². The molecule has 0 aromatic rings. The van der Waals surface area contributed by atoms with E-state index in [1.807, 2.05) is 0 Å². The summed E-state index contributed by atoms with van der Waals surface area (Å²) >= 11 is 3.09. The first-order chi connectivity index (χ1) is 4.34. The van der Waals surface area contributed by atoms with Gasteiger partial charge in [-0.1, -0.05) is 15.9 Å². The van der Waals surface area contributed by atoms with E-state index in [9.17, 15) is 4.39 Å². The van der Waals surface area contributed by atoms with Crippen molar-refractivity contribution in [3.63, 3.8) is 0 Å². The van der Waals surface area contributed by atoms with E-state index in [4.69, 9.17) is 4.74 Å². The summed E-state index contributed by atoms with van der Waals surface area (Å²) in [7, 11) is 0. The first-order valence-electron chi connectivity index (χ1n) is 3.12. The topological polar surface area (TPSA) is 9.23 Å². The molecule has 0 unspecified atom stereocenters. The molecule has 0 N–H and O–H groups in total. The minimum Gasteiger partial charge on any atom is -0.381 e. The van der Waals surface area contributed by atoms with Crippen molar-refractivity contribution in [2.45, 2.75) is 12.6 Å². The van der Waals surface area contributed by atoms with Gasteiger partial charge in [-0.05, 0) is 6.42 Å². The second-order valence-corrected chi connectivity index (χ2v) is 2.94. The molecule has 1 fully saturated rings. The summed E-state index contributed by atoms with van der Waals surface area (Å²) < 4.78 is 17.7. The molecule has 54 valence electrons. The lowest BCUT2D eigenvalue weighted by Crippen LogP contribution is -2.16. The standard InChI is InChI=1S/C6H10BrFO/c7-3-6(8)5-1-2-9-4-5/h5-6H,1-4H2/t5-,6-/m0/s1. The Bertz CT molecular complexity index is 83.1. The van der Waals surface area contributed by atoms with E-state index in [1.165, 1.54) is 0 Å². The minimum atomic E-state index is -0.715. The van der Waals surface area contributed by atoms with Crippen molar-refractivity contribution in [3.8, 4) is 0 Å². The van der Waals surface area contributed by atoms with Gasteiger partial charge in [-0.15, -0.1) is 0 Å². The maximum atomic E-state index is 12.7. The van der Waals surface area contributed by atoms with E-state index in [1.54, 1.807) is 0 Å². The summed E-state index contributed by atoms with van der Waals surface area (Å²) in [5, 5.41) is 0.445.